The minimum atomic E-state index is -0.913. The first-order chi connectivity index (χ1) is 18.3. The summed E-state index contributed by atoms with van der Waals surface area (Å²) in [4.78, 5) is 34.6. The summed E-state index contributed by atoms with van der Waals surface area (Å²) in [6.45, 7) is 11.4. The molecule has 2 aromatic rings. The van der Waals surface area contributed by atoms with E-state index >= 15 is 0 Å². The third-order valence-electron chi connectivity index (χ3n) is 6.93. The molecule has 1 aliphatic heterocycles. The molecule has 3 rings (SSSR count). The smallest absolute Gasteiger partial charge is 0.247 e. The first kappa shape index (κ1) is 29.6. The zero-order valence-corrected chi connectivity index (χ0v) is 23.4. The Bertz CT molecular complexity index is 1010. The number of carbonyl (C=O) groups excluding carboxylic acids is 2. The predicted molar refractivity (Wildman–Crippen MR) is 149 cm³/mol. The fraction of sp³-hybridized carbons (Fsp3) is 0.567. The topological polar surface area (TPSA) is 95.0 Å². The van der Waals surface area contributed by atoms with Gasteiger partial charge >= 0.3 is 0 Å². The minimum absolute atomic E-state index is 0.133. The highest BCUT2D eigenvalue weighted by Gasteiger charge is 2.33. The SMILES string of the molecule is CCCCN1CCCN(Cc2ccc(Oc3ccc(C)nc3)cc2)CCCC(=O)N[C@H]([C@H](O)C(C)C)C1=O. The zero-order chi connectivity index (χ0) is 27.5. The number of benzene rings is 1. The van der Waals surface area contributed by atoms with Gasteiger partial charge < -0.3 is 20.1 Å². The quantitative estimate of drug-likeness (QED) is 0.508. The molecule has 208 valence electrons. The molecule has 0 spiro atoms. The normalized spacial score (nSPS) is 19.0. The van der Waals surface area contributed by atoms with E-state index in [2.05, 4.69) is 34.3 Å². The van der Waals surface area contributed by atoms with Crippen LogP contribution in [0.1, 0.15) is 64.1 Å². The Morgan fingerprint density at radius 1 is 1.05 bits per heavy atom. The summed E-state index contributed by atoms with van der Waals surface area (Å²) in [6, 6.07) is 11.0. The molecule has 1 fully saturated rings. The van der Waals surface area contributed by atoms with Crippen LogP contribution in [0.2, 0.25) is 0 Å². The highest BCUT2D eigenvalue weighted by atomic mass is 16.5. The molecule has 0 saturated carbocycles. The fourth-order valence-corrected chi connectivity index (χ4v) is 4.59. The van der Waals surface area contributed by atoms with Crippen LogP contribution < -0.4 is 10.1 Å². The maximum atomic E-state index is 13.4. The molecule has 1 aliphatic rings. The van der Waals surface area contributed by atoms with Crippen molar-refractivity contribution in [3.8, 4) is 11.5 Å². The van der Waals surface area contributed by atoms with Gasteiger partial charge in [0, 0.05) is 38.3 Å². The average molecular weight is 525 g/mol. The highest BCUT2D eigenvalue weighted by molar-refractivity contribution is 5.88. The number of hydrogen-bond acceptors (Lipinski definition) is 6. The second-order valence-corrected chi connectivity index (χ2v) is 10.6. The molecule has 0 bridgehead atoms. The molecule has 1 aromatic heterocycles. The van der Waals surface area contributed by atoms with Gasteiger partial charge in [-0.3, -0.25) is 19.5 Å². The Hall–Kier alpha value is -2.97. The zero-order valence-electron chi connectivity index (χ0n) is 23.4. The van der Waals surface area contributed by atoms with Gasteiger partial charge in [-0.15, -0.1) is 0 Å². The van der Waals surface area contributed by atoms with Gasteiger partial charge in [-0.05, 0) is 68.5 Å². The van der Waals surface area contributed by atoms with E-state index in [1.807, 2.05) is 49.9 Å². The van der Waals surface area contributed by atoms with E-state index in [1.54, 1.807) is 6.20 Å². The molecule has 2 amide bonds. The van der Waals surface area contributed by atoms with E-state index in [9.17, 15) is 14.7 Å². The first-order valence-electron chi connectivity index (χ1n) is 13.9. The lowest BCUT2D eigenvalue weighted by atomic mass is 9.97. The summed E-state index contributed by atoms with van der Waals surface area (Å²) in [6.07, 6.45) is 4.50. The van der Waals surface area contributed by atoms with Crippen LogP contribution in [-0.4, -0.2) is 70.0 Å². The number of rotatable bonds is 9. The van der Waals surface area contributed by atoms with Crippen molar-refractivity contribution in [2.75, 3.05) is 26.2 Å². The Kier molecular flexibility index (Phi) is 11.5. The second kappa shape index (κ2) is 14.8. The lowest BCUT2D eigenvalue weighted by molar-refractivity contribution is -0.141. The molecule has 8 nitrogen and oxygen atoms in total. The average Bonchev–Trinajstić information content (AvgIpc) is 2.90. The fourth-order valence-electron chi connectivity index (χ4n) is 4.59. The van der Waals surface area contributed by atoms with Crippen LogP contribution in [-0.2, 0) is 16.1 Å². The largest absolute Gasteiger partial charge is 0.456 e. The number of carbonyl (C=O) groups is 2. The van der Waals surface area contributed by atoms with Crippen molar-refractivity contribution >= 4 is 11.8 Å². The Morgan fingerprint density at radius 3 is 2.42 bits per heavy atom. The summed E-state index contributed by atoms with van der Waals surface area (Å²) in [5.74, 6) is 0.958. The molecule has 38 heavy (non-hydrogen) atoms. The summed E-state index contributed by atoms with van der Waals surface area (Å²) in [5.41, 5.74) is 2.11. The van der Waals surface area contributed by atoms with Crippen molar-refractivity contribution in [1.82, 2.24) is 20.1 Å². The van der Waals surface area contributed by atoms with Gasteiger partial charge in [0.15, 0.2) is 0 Å². The number of amides is 2. The number of aryl methyl sites for hydroxylation is 1. The van der Waals surface area contributed by atoms with E-state index in [0.29, 0.717) is 31.7 Å². The number of aromatic nitrogens is 1. The first-order valence-corrected chi connectivity index (χ1v) is 13.9. The number of pyridine rings is 1. The van der Waals surface area contributed by atoms with Crippen LogP contribution in [0.25, 0.3) is 0 Å². The third-order valence-corrected chi connectivity index (χ3v) is 6.93. The number of aliphatic hydroxyl groups excluding tert-OH is 1. The molecule has 2 N–H and O–H groups in total. The summed E-state index contributed by atoms with van der Waals surface area (Å²) < 4.78 is 5.90. The Labute approximate surface area is 227 Å². The molecular formula is C30H44N4O4. The molecule has 2 atom stereocenters. The molecule has 0 unspecified atom stereocenters. The number of aliphatic hydroxyl groups is 1. The maximum absolute atomic E-state index is 13.4. The monoisotopic (exact) mass is 524 g/mol. The van der Waals surface area contributed by atoms with Crippen molar-refractivity contribution in [2.24, 2.45) is 5.92 Å². The lowest BCUT2D eigenvalue weighted by Gasteiger charge is -2.33. The summed E-state index contributed by atoms with van der Waals surface area (Å²) >= 11 is 0. The van der Waals surface area contributed by atoms with Gasteiger partial charge in [-0.1, -0.05) is 39.3 Å². The van der Waals surface area contributed by atoms with Crippen molar-refractivity contribution < 1.29 is 19.4 Å². The molecule has 2 heterocycles. The van der Waals surface area contributed by atoms with Gasteiger partial charge in [-0.2, -0.15) is 0 Å². The highest BCUT2D eigenvalue weighted by Crippen LogP contribution is 2.22. The number of ether oxygens (including phenoxy) is 1. The predicted octanol–water partition coefficient (Wildman–Crippen LogP) is 4.30. The van der Waals surface area contributed by atoms with Crippen LogP contribution in [0.15, 0.2) is 42.6 Å². The number of unbranched alkanes of at least 4 members (excludes halogenated alkanes) is 1. The standard InChI is InChI=1S/C30H44N4O4/c1-5-6-18-34-19-8-17-33(16-7-9-27(35)32-28(30(34)37)29(36)22(2)3)21-24-11-14-25(15-12-24)38-26-13-10-23(4)31-20-26/h10-15,20,22,28-29,36H,5-9,16-19,21H2,1-4H3,(H,32,35)/t28-,29-/m1/s1. The molecular weight excluding hydrogens is 480 g/mol. The maximum Gasteiger partial charge on any atom is 0.247 e. The third kappa shape index (κ3) is 9.10. The van der Waals surface area contributed by atoms with Crippen molar-refractivity contribution in [3.63, 3.8) is 0 Å². The van der Waals surface area contributed by atoms with E-state index in [4.69, 9.17) is 4.74 Å². The van der Waals surface area contributed by atoms with Gasteiger partial charge in [0.25, 0.3) is 0 Å². The van der Waals surface area contributed by atoms with Crippen LogP contribution in [0.3, 0.4) is 0 Å². The minimum Gasteiger partial charge on any atom is -0.456 e. The molecule has 1 saturated heterocycles. The van der Waals surface area contributed by atoms with E-state index in [1.165, 1.54) is 0 Å². The van der Waals surface area contributed by atoms with Crippen LogP contribution in [0.5, 0.6) is 11.5 Å². The molecule has 8 heteroatoms. The summed E-state index contributed by atoms with van der Waals surface area (Å²) in [7, 11) is 0. The van der Waals surface area contributed by atoms with Gasteiger partial charge in [0.2, 0.25) is 11.8 Å². The Balaban J connectivity index is 1.65. The number of hydrogen-bond donors (Lipinski definition) is 2. The van der Waals surface area contributed by atoms with Gasteiger partial charge in [0.1, 0.15) is 17.5 Å². The van der Waals surface area contributed by atoms with Gasteiger partial charge in [0.05, 0.1) is 12.3 Å². The van der Waals surface area contributed by atoms with Crippen LogP contribution in [0, 0.1) is 12.8 Å². The van der Waals surface area contributed by atoms with E-state index in [0.717, 1.165) is 55.9 Å². The van der Waals surface area contributed by atoms with E-state index < -0.39 is 12.1 Å². The number of nitrogens with one attached hydrogen (secondary N) is 1. The van der Waals surface area contributed by atoms with Gasteiger partial charge in [-0.25, -0.2) is 0 Å². The van der Waals surface area contributed by atoms with Crippen LogP contribution >= 0.6 is 0 Å². The molecule has 0 radical (unpaired) electrons. The summed E-state index contributed by atoms with van der Waals surface area (Å²) in [5, 5.41) is 13.6. The Morgan fingerprint density at radius 2 is 1.76 bits per heavy atom. The van der Waals surface area contributed by atoms with E-state index in [-0.39, 0.29) is 17.7 Å². The molecule has 1 aromatic carbocycles. The number of nitrogens with zero attached hydrogens (tertiary/aromatic N) is 3. The second-order valence-electron chi connectivity index (χ2n) is 10.6. The van der Waals surface area contributed by atoms with Crippen molar-refractivity contribution in [3.05, 3.63) is 53.9 Å². The van der Waals surface area contributed by atoms with Crippen LogP contribution in [0.4, 0.5) is 0 Å². The lowest BCUT2D eigenvalue weighted by Crippen LogP contribution is -2.56. The van der Waals surface area contributed by atoms with Crippen molar-refractivity contribution in [1.29, 1.82) is 0 Å². The van der Waals surface area contributed by atoms with Crippen molar-refractivity contribution in [2.45, 2.75) is 78.5 Å². The molecule has 0 aliphatic carbocycles.